The van der Waals surface area contributed by atoms with Crippen LogP contribution in [0.1, 0.15) is 12.5 Å². The van der Waals surface area contributed by atoms with Gasteiger partial charge in [-0.2, -0.15) is 0 Å². The molecule has 100 valence electrons. The second-order valence-electron chi connectivity index (χ2n) is 3.80. The van der Waals surface area contributed by atoms with Gasteiger partial charge in [0, 0.05) is 5.56 Å². The zero-order valence-corrected chi connectivity index (χ0v) is 11.3. The van der Waals surface area contributed by atoms with Gasteiger partial charge in [-0.05, 0) is 25.6 Å². The summed E-state index contributed by atoms with van der Waals surface area (Å²) in [5.41, 5.74) is 1.51. The van der Waals surface area contributed by atoms with Crippen LogP contribution in [0, 0.1) is 6.92 Å². The molecule has 0 atom stereocenters. The number of likely N-dealkylation sites (N-methyl/N-ethyl adjacent to an activating group) is 1. The Hall–Kier alpha value is -1.75. The predicted octanol–water partition coefficient (Wildman–Crippen LogP) is 1.56. The highest BCUT2D eigenvalue weighted by Crippen LogP contribution is 2.34. The number of rotatable bonds is 6. The number of amides is 1. The Labute approximate surface area is 107 Å². The van der Waals surface area contributed by atoms with Gasteiger partial charge in [0.15, 0.2) is 0 Å². The lowest BCUT2D eigenvalue weighted by atomic mass is 10.1. The molecule has 0 aliphatic carbocycles. The topological polar surface area (TPSA) is 59.6 Å². The van der Waals surface area contributed by atoms with Crippen LogP contribution in [0.5, 0.6) is 11.5 Å². The summed E-state index contributed by atoms with van der Waals surface area (Å²) in [5, 5.41) is 5.77. The quantitative estimate of drug-likeness (QED) is 0.806. The number of methoxy groups -OCH3 is 2. The zero-order valence-electron chi connectivity index (χ0n) is 11.3. The molecule has 0 saturated heterocycles. The summed E-state index contributed by atoms with van der Waals surface area (Å²) < 4.78 is 10.5. The minimum Gasteiger partial charge on any atom is -0.496 e. The van der Waals surface area contributed by atoms with E-state index < -0.39 is 0 Å². The minimum atomic E-state index is -0.0975. The Balaban J connectivity index is 2.89. The molecule has 0 spiro atoms. The number of carbonyl (C=O) groups excluding carboxylic acids is 1. The molecule has 0 heterocycles. The molecule has 2 N–H and O–H groups in total. The van der Waals surface area contributed by atoms with E-state index in [-0.39, 0.29) is 12.5 Å². The van der Waals surface area contributed by atoms with Gasteiger partial charge < -0.3 is 20.1 Å². The lowest BCUT2D eigenvalue weighted by molar-refractivity contribution is -0.115. The van der Waals surface area contributed by atoms with E-state index in [2.05, 4.69) is 10.6 Å². The van der Waals surface area contributed by atoms with Crippen molar-refractivity contribution in [1.29, 1.82) is 0 Å². The Morgan fingerprint density at radius 3 is 2.56 bits per heavy atom. The third kappa shape index (κ3) is 3.37. The molecule has 0 saturated carbocycles. The average molecular weight is 252 g/mol. The number of anilines is 1. The second-order valence-corrected chi connectivity index (χ2v) is 3.80. The molecule has 0 unspecified atom stereocenters. The van der Waals surface area contributed by atoms with E-state index >= 15 is 0 Å². The minimum absolute atomic E-state index is 0.0975. The molecule has 5 heteroatoms. The highest BCUT2D eigenvalue weighted by atomic mass is 16.5. The van der Waals surface area contributed by atoms with Crippen LogP contribution < -0.4 is 20.1 Å². The number of hydrogen-bond acceptors (Lipinski definition) is 4. The van der Waals surface area contributed by atoms with Crippen molar-refractivity contribution in [2.75, 3.05) is 32.6 Å². The molecule has 0 aliphatic heterocycles. The predicted molar refractivity (Wildman–Crippen MR) is 71.5 cm³/mol. The fourth-order valence-corrected chi connectivity index (χ4v) is 1.69. The van der Waals surface area contributed by atoms with E-state index in [1.165, 1.54) is 0 Å². The van der Waals surface area contributed by atoms with E-state index in [0.29, 0.717) is 11.4 Å². The first kappa shape index (κ1) is 14.3. The van der Waals surface area contributed by atoms with E-state index in [0.717, 1.165) is 17.9 Å². The van der Waals surface area contributed by atoms with Gasteiger partial charge in [-0.25, -0.2) is 0 Å². The van der Waals surface area contributed by atoms with Crippen molar-refractivity contribution < 1.29 is 14.3 Å². The monoisotopic (exact) mass is 252 g/mol. The van der Waals surface area contributed by atoms with Crippen molar-refractivity contribution in [3.8, 4) is 11.5 Å². The first-order valence-electron chi connectivity index (χ1n) is 5.86. The number of nitrogens with one attached hydrogen (secondary N) is 2. The highest BCUT2D eigenvalue weighted by Gasteiger charge is 2.12. The summed E-state index contributed by atoms with van der Waals surface area (Å²) in [5.74, 6) is 1.26. The molecule has 1 aromatic carbocycles. The normalized spacial score (nSPS) is 10.0. The SMILES string of the molecule is CCNCC(=O)Nc1ccc(OC)c(C)c1OC. The largest absolute Gasteiger partial charge is 0.496 e. The molecular weight excluding hydrogens is 232 g/mol. The first-order chi connectivity index (χ1) is 8.63. The van der Waals surface area contributed by atoms with Crippen LogP contribution in [0.4, 0.5) is 5.69 Å². The van der Waals surface area contributed by atoms with Gasteiger partial charge >= 0.3 is 0 Å². The van der Waals surface area contributed by atoms with Crippen LogP contribution in [0.25, 0.3) is 0 Å². The van der Waals surface area contributed by atoms with Crippen molar-refractivity contribution in [2.24, 2.45) is 0 Å². The van der Waals surface area contributed by atoms with Crippen molar-refractivity contribution >= 4 is 11.6 Å². The van der Waals surface area contributed by atoms with Gasteiger partial charge in [-0.15, -0.1) is 0 Å². The molecule has 5 nitrogen and oxygen atoms in total. The number of carbonyl (C=O) groups is 1. The Kier molecular flexibility index (Phi) is 5.45. The third-order valence-electron chi connectivity index (χ3n) is 2.59. The molecular formula is C13H20N2O3. The van der Waals surface area contributed by atoms with Gasteiger partial charge in [-0.1, -0.05) is 6.92 Å². The number of benzene rings is 1. The molecule has 0 aromatic heterocycles. The van der Waals surface area contributed by atoms with Crippen molar-refractivity contribution in [2.45, 2.75) is 13.8 Å². The lowest BCUT2D eigenvalue weighted by Gasteiger charge is -2.15. The average Bonchev–Trinajstić information content (AvgIpc) is 2.37. The Morgan fingerprint density at radius 2 is 2.00 bits per heavy atom. The summed E-state index contributed by atoms with van der Waals surface area (Å²) in [6.07, 6.45) is 0. The zero-order chi connectivity index (χ0) is 13.5. The maximum Gasteiger partial charge on any atom is 0.238 e. The molecule has 1 aromatic rings. The fraction of sp³-hybridized carbons (Fsp3) is 0.462. The standard InChI is InChI=1S/C13H20N2O3/c1-5-14-8-12(16)15-10-6-7-11(17-3)9(2)13(10)18-4/h6-7,14H,5,8H2,1-4H3,(H,15,16). The second kappa shape index (κ2) is 6.86. The van der Waals surface area contributed by atoms with Crippen LogP contribution in [-0.2, 0) is 4.79 Å². The summed E-state index contributed by atoms with van der Waals surface area (Å²) >= 11 is 0. The molecule has 18 heavy (non-hydrogen) atoms. The van der Waals surface area contributed by atoms with Crippen LogP contribution in [0.15, 0.2) is 12.1 Å². The molecule has 1 amide bonds. The van der Waals surface area contributed by atoms with Crippen LogP contribution in [0.2, 0.25) is 0 Å². The van der Waals surface area contributed by atoms with E-state index in [9.17, 15) is 4.79 Å². The van der Waals surface area contributed by atoms with E-state index in [1.54, 1.807) is 26.4 Å². The maximum atomic E-state index is 11.6. The summed E-state index contributed by atoms with van der Waals surface area (Å²) in [7, 11) is 3.17. The Bertz CT molecular complexity index is 419. The number of hydrogen-bond donors (Lipinski definition) is 2. The molecule has 0 aliphatic rings. The summed E-state index contributed by atoms with van der Waals surface area (Å²) in [6.45, 7) is 4.87. The van der Waals surface area contributed by atoms with Crippen LogP contribution in [0.3, 0.4) is 0 Å². The highest BCUT2D eigenvalue weighted by molar-refractivity contribution is 5.94. The van der Waals surface area contributed by atoms with Gasteiger partial charge in [0.1, 0.15) is 11.5 Å². The fourth-order valence-electron chi connectivity index (χ4n) is 1.69. The van der Waals surface area contributed by atoms with Crippen molar-refractivity contribution in [3.63, 3.8) is 0 Å². The molecule has 1 rings (SSSR count). The van der Waals surface area contributed by atoms with E-state index in [4.69, 9.17) is 9.47 Å². The molecule has 0 fully saturated rings. The van der Waals surface area contributed by atoms with Crippen molar-refractivity contribution in [3.05, 3.63) is 17.7 Å². The first-order valence-corrected chi connectivity index (χ1v) is 5.86. The molecule has 0 radical (unpaired) electrons. The van der Waals surface area contributed by atoms with Crippen molar-refractivity contribution in [1.82, 2.24) is 5.32 Å². The lowest BCUT2D eigenvalue weighted by Crippen LogP contribution is -2.27. The van der Waals surface area contributed by atoms with Gasteiger partial charge in [0.05, 0.1) is 26.5 Å². The van der Waals surface area contributed by atoms with Gasteiger partial charge in [0.2, 0.25) is 5.91 Å². The van der Waals surface area contributed by atoms with Gasteiger partial charge in [0.25, 0.3) is 0 Å². The summed E-state index contributed by atoms with van der Waals surface area (Å²) in [4.78, 5) is 11.6. The van der Waals surface area contributed by atoms with Crippen LogP contribution in [-0.4, -0.2) is 33.2 Å². The van der Waals surface area contributed by atoms with Crippen LogP contribution >= 0.6 is 0 Å². The smallest absolute Gasteiger partial charge is 0.238 e. The Morgan fingerprint density at radius 1 is 1.28 bits per heavy atom. The van der Waals surface area contributed by atoms with E-state index in [1.807, 2.05) is 13.8 Å². The maximum absolute atomic E-state index is 11.6. The van der Waals surface area contributed by atoms with Gasteiger partial charge in [-0.3, -0.25) is 4.79 Å². The third-order valence-corrected chi connectivity index (χ3v) is 2.59. The molecule has 0 bridgehead atoms. The summed E-state index contributed by atoms with van der Waals surface area (Å²) in [6, 6.07) is 3.58. The number of ether oxygens (including phenoxy) is 2.